The van der Waals surface area contributed by atoms with Crippen LogP contribution < -0.4 is 0 Å². The van der Waals surface area contributed by atoms with Gasteiger partial charge >= 0.3 is 0 Å². The fourth-order valence-corrected chi connectivity index (χ4v) is 3.11. The van der Waals surface area contributed by atoms with Crippen LogP contribution in [0, 0.1) is 11.6 Å². The van der Waals surface area contributed by atoms with Crippen molar-refractivity contribution in [3.05, 3.63) is 70.5 Å². The van der Waals surface area contributed by atoms with Crippen molar-refractivity contribution in [1.82, 2.24) is 9.97 Å². The zero-order valence-corrected chi connectivity index (χ0v) is 16.6. The molecule has 0 atom stereocenters. The predicted molar refractivity (Wildman–Crippen MR) is 118 cm³/mol. The second-order valence-electron chi connectivity index (χ2n) is 5.78. The van der Waals surface area contributed by atoms with Gasteiger partial charge in [0.1, 0.15) is 11.6 Å². The number of rotatable bonds is 2. The summed E-state index contributed by atoms with van der Waals surface area (Å²) >= 11 is 5.84. The van der Waals surface area contributed by atoms with Crippen LogP contribution in [0.4, 0.5) is 8.78 Å². The van der Waals surface area contributed by atoms with Crippen LogP contribution in [0.3, 0.4) is 0 Å². The van der Waals surface area contributed by atoms with Gasteiger partial charge in [-0.2, -0.15) is 0 Å². The first-order valence-corrected chi connectivity index (χ1v) is 9.33. The average Bonchev–Trinajstić information content (AvgIpc) is 3.31. The van der Waals surface area contributed by atoms with Crippen LogP contribution in [0.1, 0.15) is 47.6 Å². The van der Waals surface area contributed by atoms with Crippen LogP contribution in [0.25, 0.3) is 21.8 Å². The van der Waals surface area contributed by atoms with Crippen molar-refractivity contribution in [3.8, 4) is 0 Å². The molecule has 0 bridgehead atoms. The highest BCUT2D eigenvalue weighted by molar-refractivity contribution is 6.35. The fourth-order valence-electron chi connectivity index (χ4n) is 2.87. The molecule has 0 aliphatic carbocycles. The van der Waals surface area contributed by atoms with Crippen LogP contribution in [-0.4, -0.2) is 9.97 Å². The van der Waals surface area contributed by atoms with Crippen molar-refractivity contribution in [2.75, 3.05) is 0 Å². The summed E-state index contributed by atoms with van der Waals surface area (Å²) in [6.07, 6.45) is 4.79. The van der Waals surface area contributed by atoms with Gasteiger partial charge in [-0.05, 0) is 42.2 Å². The molecule has 0 saturated heterocycles. The largest absolute Gasteiger partial charge is 0.361 e. The van der Waals surface area contributed by atoms with E-state index in [0.717, 1.165) is 23.0 Å². The zero-order chi connectivity index (χ0) is 20.7. The Morgan fingerprint density at radius 2 is 1.50 bits per heavy atom. The van der Waals surface area contributed by atoms with E-state index >= 15 is 0 Å². The van der Waals surface area contributed by atoms with Crippen LogP contribution in [0.2, 0.25) is 5.02 Å². The lowest BCUT2D eigenvalue weighted by Gasteiger charge is -2.00. The summed E-state index contributed by atoms with van der Waals surface area (Å²) in [5.41, 5.74) is 3.10. The summed E-state index contributed by atoms with van der Waals surface area (Å²) in [4.78, 5) is 5.88. The number of aromatic nitrogens is 2. The number of benzene rings is 2. The Balaban J connectivity index is 0.000000249. The van der Waals surface area contributed by atoms with Crippen molar-refractivity contribution >= 4 is 33.4 Å². The SMILES string of the molecule is C.CCc1ccc2[nH]cc(Cl)c2c1F.CCc1ccc2[nH]ccc2c1F.[2H]CC. The second kappa shape index (κ2) is 10.9. The maximum atomic E-state index is 13.7. The molecule has 0 unspecified atom stereocenters. The first-order chi connectivity index (χ1) is 13.5. The van der Waals surface area contributed by atoms with Crippen molar-refractivity contribution in [3.63, 3.8) is 0 Å². The third-order valence-electron chi connectivity index (χ3n) is 4.33. The predicted octanol–water partition coefficient (Wildman–Crippen LogP) is 8.05. The van der Waals surface area contributed by atoms with Gasteiger partial charge in [-0.25, -0.2) is 8.78 Å². The number of hydrogen-bond acceptors (Lipinski definition) is 0. The minimum absolute atomic E-state index is 0. The van der Waals surface area contributed by atoms with Gasteiger partial charge < -0.3 is 9.97 Å². The lowest BCUT2D eigenvalue weighted by atomic mass is 10.1. The Morgan fingerprint density at radius 1 is 0.929 bits per heavy atom. The summed E-state index contributed by atoms with van der Waals surface area (Å²) in [5.74, 6) is -0.289. The quantitative estimate of drug-likeness (QED) is 0.336. The normalized spacial score (nSPS) is 10.4. The molecule has 0 spiro atoms. The van der Waals surface area contributed by atoms with Gasteiger partial charge in [-0.3, -0.25) is 0 Å². The lowest BCUT2D eigenvalue weighted by Crippen LogP contribution is -1.87. The minimum Gasteiger partial charge on any atom is -0.361 e. The second-order valence-corrected chi connectivity index (χ2v) is 6.19. The van der Waals surface area contributed by atoms with E-state index in [1.165, 1.54) is 0 Å². The monoisotopic (exact) mass is 407 g/mol. The van der Waals surface area contributed by atoms with Crippen molar-refractivity contribution in [2.45, 2.75) is 47.9 Å². The Kier molecular flexibility index (Phi) is 8.52. The molecule has 152 valence electrons. The molecule has 2 nitrogen and oxygen atoms in total. The fraction of sp³-hybridized carbons (Fsp3) is 0.304. The summed E-state index contributed by atoms with van der Waals surface area (Å²) in [7, 11) is 0. The van der Waals surface area contributed by atoms with Crippen LogP contribution in [0.15, 0.2) is 42.7 Å². The zero-order valence-electron chi connectivity index (χ0n) is 16.8. The van der Waals surface area contributed by atoms with E-state index in [4.69, 9.17) is 13.0 Å². The number of aryl methyl sites for hydroxylation is 2. The minimum atomic E-state index is -0.203. The number of aromatic amines is 2. The van der Waals surface area contributed by atoms with E-state index in [1.54, 1.807) is 31.5 Å². The number of H-pyrrole nitrogens is 2. The van der Waals surface area contributed by atoms with E-state index in [9.17, 15) is 8.78 Å². The molecule has 4 aromatic rings. The number of halogens is 3. The van der Waals surface area contributed by atoms with Gasteiger partial charge in [-0.15, -0.1) is 0 Å². The Hall–Kier alpha value is -2.33. The Bertz CT molecular complexity index is 1040. The molecule has 0 amide bonds. The molecule has 0 aliphatic rings. The molecule has 0 radical (unpaired) electrons. The third-order valence-corrected chi connectivity index (χ3v) is 4.62. The van der Waals surface area contributed by atoms with Crippen LogP contribution in [0.5, 0.6) is 0 Å². The topological polar surface area (TPSA) is 31.6 Å². The maximum absolute atomic E-state index is 13.7. The number of hydrogen-bond donors (Lipinski definition) is 2. The van der Waals surface area contributed by atoms with E-state index in [2.05, 4.69) is 9.97 Å². The molecule has 2 aromatic heterocycles. The molecule has 5 heteroatoms. The first-order valence-electron chi connectivity index (χ1n) is 9.66. The van der Waals surface area contributed by atoms with Gasteiger partial charge in [0, 0.05) is 30.2 Å². The average molecular weight is 408 g/mol. The van der Waals surface area contributed by atoms with Crippen LogP contribution in [-0.2, 0) is 12.8 Å². The molecule has 0 saturated carbocycles. The third kappa shape index (κ3) is 4.74. The maximum Gasteiger partial charge on any atom is 0.137 e. The van der Waals surface area contributed by atoms with E-state index in [0.29, 0.717) is 34.7 Å². The Morgan fingerprint density at radius 3 is 2.11 bits per heavy atom. The van der Waals surface area contributed by atoms with E-state index in [1.807, 2.05) is 32.0 Å². The highest BCUT2D eigenvalue weighted by Gasteiger charge is 2.10. The highest BCUT2D eigenvalue weighted by Crippen LogP contribution is 2.27. The summed E-state index contributed by atoms with van der Waals surface area (Å²) in [6.45, 7) is 6.17. The highest BCUT2D eigenvalue weighted by atomic mass is 35.5. The van der Waals surface area contributed by atoms with Crippen LogP contribution >= 0.6 is 11.6 Å². The van der Waals surface area contributed by atoms with E-state index in [-0.39, 0.29) is 19.1 Å². The number of nitrogens with one attached hydrogen (secondary N) is 2. The Labute approximate surface area is 172 Å². The summed E-state index contributed by atoms with van der Waals surface area (Å²) in [6, 6.07) is 9.14. The summed E-state index contributed by atoms with van der Waals surface area (Å²) < 4.78 is 33.4. The van der Waals surface area contributed by atoms with Crippen molar-refractivity contribution in [2.24, 2.45) is 0 Å². The standard InChI is InChI=1S/C10H9ClFN.C10H10FN.C2H6.CH4/c1-2-6-3-4-8-9(10(6)12)7(11)5-13-8;1-2-7-3-4-9-8(10(7)11)5-6-12-9;1-2;/h3-5,13H,2H2,1H3;3-6,12H,2H2,1H3;1-2H3;1H4/i;;1D;. The smallest absolute Gasteiger partial charge is 0.137 e. The van der Waals surface area contributed by atoms with Gasteiger partial charge in [-0.1, -0.05) is 58.8 Å². The van der Waals surface area contributed by atoms with Gasteiger partial charge in [0.05, 0.1) is 10.4 Å². The summed E-state index contributed by atoms with van der Waals surface area (Å²) in [5, 5.41) is 1.64. The van der Waals surface area contributed by atoms with Gasteiger partial charge in [0.2, 0.25) is 0 Å². The molecular formula is C23H29ClF2N2. The van der Waals surface area contributed by atoms with Gasteiger partial charge in [0.15, 0.2) is 0 Å². The molecule has 2 N–H and O–H groups in total. The first kappa shape index (κ1) is 22.0. The molecular weight excluding hydrogens is 378 g/mol. The molecule has 4 rings (SSSR count). The van der Waals surface area contributed by atoms with Crippen molar-refractivity contribution < 1.29 is 10.2 Å². The molecule has 2 aromatic carbocycles. The van der Waals surface area contributed by atoms with Gasteiger partial charge in [0.25, 0.3) is 0 Å². The van der Waals surface area contributed by atoms with E-state index < -0.39 is 0 Å². The van der Waals surface area contributed by atoms with Crippen molar-refractivity contribution in [1.29, 1.82) is 0 Å². The molecule has 0 fully saturated rings. The molecule has 28 heavy (non-hydrogen) atoms. The molecule has 0 aliphatic heterocycles. The number of fused-ring (bicyclic) bond motifs is 2. The molecule has 2 heterocycles. The lowest BCUT2D eigenvalue weighted by molar-refractivity contribution is 0.624.